The molecule has 0 aromatic heterocycles. The fourth-order valence-corrected chi connectivity index (χ4v) is 3.71. The van der Waals surface area contributed by atoms with Crippen LogP contribution in [0.1, 0.15) is 58.8 Å². The maximum atomic E-state index is 12.6. The van der Waals surface area contributed by atoms with Crippen LogP contribution in [0.2, 0.25) is 0 Å². The molecule has 1 atom stereocenters. The molecule has 0 aromatic rings. The number of nitrogens with zero attached hydrogens (tertiary/aromatic N) is 2. The van der Waals surface area contributed by atoms with Crippen LogP contribution >= 0.6 is 0 Å². The van der Waals surface area contributed by atoms with Gasteiger partial charge in [0.1, 0.15) is 5.54 Å². The summed E-state index contributed by atoms with van der Waals surface area (Å²) in [5, 5.41) is 12.5. The Morgan fingerprint density at radius 3 is 2.46 bits per heavy atom. The summed E-state index contributed by atoms with van der Waals surface area (Å²) in [5.41, 5.74) is -0.688. The lowest BCUT2D eigenvalue weighted by molar-refractivity contribution is -0.149. The van der Waals surface area contributed by atoms with Crippen LogP contribution in [0.15, 0.2) is 0 Å². The van der Waals surface area contributed by atoms with Gasteiger partial charge in [0.2, 0.25) is 5.91 Å². The van der Waals surface area contributed by atoms with Crippen LogP contribution in [0.5, 0.6) is 0 Å². The molecule has 24 heavy (non-hydrogen) atoms. The Morgan fingerprint density at radius 1 is 1.29 bits per heavy atom. The molecule has 1 N–H and O–H groups in total. The summed E-state index contributed by atoms with van der Waals surface area (Å²) >= 11 is 0. The molecule has 2 rings (SSSR count). The van der Waals surface area contributed by atoms with E-state index >= 15 is 0 Å². The van der Waals surface area contributed by atoms with Crippen LogP contribution < -0.4 is 5.32 Å². The van der Waals surface area contributed by atoms with Crippen molar-refractivity contribution >= 4 is 11.9 Å². The van der Waals surface area contributed by atoms with E-state index in [9.17, 15) is 14.9 Å². The number of amides is 1. The first-order valence-corrected chi connectivity index (χ1v) is 9.15. The lowest BCUT2D eigenvalue weighted by atomic mass is 9.82. The molecule has 1 saturated carbocycles. The fourth-order valence-electron chi connectivity index (χ4n) is 3.71. The molecule has 6 nitrogen and oxygen atoms in total. The lowest BCUT2D eigenvalue weighted by Crippen LogP contribution is -2.56. The average molecular weight is 335 g/mol. The normalized spacial score (nSPS) is 23.0. The smallest absolute Gasteiger partial charge is 0.309 e. The number of rotatable bonds is 5. The molecule has 0 spiro atoms. The minimum absolute atomic E-state index is 0.0553. The van der Waals surface area contributed by atoms with Gasteiger partial charge in [-0.15, -0.1) is 0 Å². The van der Waals surface area contributed by atoms with E-state index in [-0.39, 0.29) is 23.8 Å². The summed E-state index contributed by atoms with van der Waals surface area (Å²) in [7, 11) is 0. The summed E-state index contributed by atoms with van der Waals surface area (Å²) in [6, 6.07) is 2.05. The van der Waals surface area contributed by atoms with Gasteiger partial charge in [-0.3, -0.25) is 14.5 Å². The minimum Gasteiger partial charge on any atom is -0.466 e. The highest BCUT2D eigenvalue weighted by atomic mass is 16.5. The van der Waals surface area contributed by atoms with E-state index in [1.54, 1.807) is 0 Å². The molecule has 1 saturated heterocycles. The zero-order chi connectivity index (χ0) is 17.6. The molecule has 0 bridgehead atoms. The summed E-state index contributed by atoms with van der Waals surface area (Å²) in [4.78, 5) is 26.5. The van der Waals surface area contributed by atoms with E-state index < -0.39 is 5.54 Å². The number of ether oxygens (including phenoxy) is 1. The highest BCUT2D eigenvalue weighted by molar-refractivity contribution is 5.82. The SMILES string of the molecule is CCOC(=O)C1CCN(C(C)C(=O)NC2(C#N)CCCCC2)CC1. The average Bonchev–Trinajstić information content (AvgIpc) is 2.62. The Kier molecular flexibility index (Phi) is 6.61. The van der Waals surface area contributed by atoms with Crippen molar-refractivity contribution in [2.24, 2.45) is 5.92 Å². The zero-order valence-corrected chi connectivity index (χ0v) is 14.8. The number of esters is 1. The molecule has 2 fully saturated rings. The van der Waals surface area contributed by atoms with Crippen molar-refractivity contribution in [3.8, 4) is 6.07 Å². The molecule has 1 aliphatic carbocycles. The Balaban J connectivity index is 1.86. The topological polar surface area (TPSA) is 82.4 Å². The lowest BCUT2D eigenvalue weighted by Gasteiger charge is -2.37. The number of nitrogens with one attached hydrogen (secondary N) is 1. The van der Waals surface area contributed by atoms with Crippen LogP contribution in [0.3, 0.4) is 0 Å². The Hall–Kier alpha value is -1.61. The Bertz CT molecular complexity index is 486. The summed E-state index contributed by atoms with van der Waals surface area (Å²) in [5.74, 6) is -0.256. The molecule has 1 unspecified atom stereocenters. The van der Waals surface area contributed by atoms with Crippen LogP contribution in [-0.4, -0.2) is 48.1 Å². The van der Waals surface area contributed by atoms with E-state index in [4.69, 9.17) is 4.74 Å². The number of hydrogen-bond acceptors (Lipinski definition) is 5. The second-order valence-corrected chi connectivity index (χ2v) is 6.98. The van der Waals surface area contributed by atoms with Gasteiger partial charge >= 0.3 is 5.97 Å². The van der Waals surface area contributed by atoms with Crippen LogP contribution in [0.4, 0.5) is 0 Å². The first kappa shape index (κ1) is 18.7. The third-order valence-corrected chi connectivity index (χ3v) is 5.36. The quantitative estimate of drug-likeness (QED) is 0.777. The van der Waals surface area contributed by atoms with E-state index in [1.165, 1.54) is 0 Å². The maximum absolute atomic E-state index is 12.6. The monoisotopic (exact) mass is 335 g/mol. The summed E-state index contributed by atoms with van der Waals surface area (Å²) < 4.78 is 5.08. The third-order valence-electron chi connectivity index (χ3n) is 5.36. The van der Waals surface area contributed by atoms with E-state index in [0.29, 0.717) is 19.7 Å². The number of nitriles is 1. The largest absolute Gasteiger partial charge is 0.466 e. The van der Waals surface area contributed by atoms with Crippen LogP contribution in [0.25, 0.3) is 0 Å². The molecule has 0 aromatic carbocycles. The van der Waals surface area contributed by atoms with Gasteiger partial charge in [0, 0.05) is 0 Å². The fraction of sp³-hybridized carbons (Fsp3) is 0.833. The molecular formula is C18H29N3O3. The molecule has 1 amide bonds. The van der Waals surface area contributed by atoms with Crippen molar-refractivity contribution in [3.05, 3.63) is 0 Å². The zero-order valence-electron chi connectivity index (χ0n) is 14.8. The minimum atomic E-state index is -0.688. The van der Waals surface area contributed by atoms with Crippen LogP contribution in [0, 0.1) is 17.2 Å². The van der Waals surface area contributed by atoms with Crippen molar-refractivity contribution in [2.45, 2.75) is 70.4 Å². The predicted molar refractivity (Wildman–Crippen MR) is 90.0 cm³/mol. The second-order valence-electron chi connectivity index (χ2n) is 6.98. The summed E-state index contributed by atoms with van der Waals surface area (Å²) in [6.07, 6.45) is 6.05. The van der Waals surface area contributed by atoms with Gasteiger partial charge in [0.25, 0.3) is 0 Å². The van der Waals surface area contributed by atoms with Crippen molar-refractivity contribution in [1.82, 2.24) is 10.2 Å². The Labute approximate surface area is 144 Å². The summed E-state index contributed by atoms with van der Waals surface area (Å²) in [6.45, 7) is 5.52. The van der Waals surface area contributed by atoms with Crippen molar-refractivity contribution in [3.63, 3.8) is 0 Å². The maximum Gasteiger partial charge on any atom is 0.309 e. The third kappa shape index (κ3) is 4.47. The Morgan fingerprint density at radius 2 is 1.92 bits per heavy atom. The number of hydrogen-bond donors (Lipinski definition) is 1. The van der Waals surface area contributed by atoms with Crippen LogP contribution in [-0.2, 0) is 14.3 Å². The van der Waals surface area contributed by atoms with E-state index in [1.807, 2.05) is 13.8 Å². The van der Waals surface area contributed by atoms with Gasteiger partial charge in [-0.25, -0.2) is 0 Å². The molecule has 6 heteroatoms. The predicted octanol–water partition coefficient (Wildman–Crippen LogP) is 1.99. The van der Waals surface area contributed by atoms with E-state index in [2.05, 4.69) is 16.3 Å². The molecule has 134 valence electrons. The standard InChI is InChI=1S/C18H29N3O3/c1-3-24-17(23)15-7-11-21(12-8-15)14(2)16(22)20-18(13-19)9-5-4-6-10-18/h14-15H,3-12H2,1-2H3,(H,20,22). The number of piperidine rings is 1. The van der Waals surface area contributed by atoms with E-state index in [0.717, 1.165) is 44.9 Å². The highest BCUT2D eigenvalue weighted by Gasteiger charge is 2.37. The molecule has 1 heterocycles. The van der Waals surface area contributed by atoms with Gasteiger partial charge in [-0.2, -0.15) is 5.26 Å². The van der Waals surface area contributed by atoms with Gasteiger partial charge in [-0.1, -0.05) is 19.3 Å². The molecule has 0 radical (unpaired) electrons. The molecule has 1 aliphatic heterocycles. The number of likely N-dealkylation sites (tertiary alicyclic amines) is 1. The second kappa shape index (κ2) is 8.48. The number of carbonyl (C=O) groups excluding carboxylic acids is 2. The first-order valence-electron chi connectivity index (χ1n) is 9.15. The molecule has 2 aliphatic rings. The van der Waals surface area contributed by atoms with Crippen molar-refractivity contribution in [2.75, 3.05) is 19.7 Å². The highest BCUT2D eigenvalue weighted by Crippen LogP contribution is 2.28. The van der Waals surface area contributed by atoms with Gasteiger partial charge < -0.3 is 10.1 Å². The first-order chi connectivity index (χ1) is 11.5. The van der Waals surface area contributed by atoms with Gasteiger partial charge in [0.05, 0.1) is 24.6 Å². The molecular weight excluding hydrogens is 306 g/mol. The number of carbonyl (C=O) groups is 2. The van der Waals surface area contributed by atoms with Gasteiger partial charge in [-0.05, 0) is 52.6 Å². The van der Waals surface area contributed by atoms with Crippen molar-refractivity contribution in [1.29, 1.82) is 5.26 Å². The van der Waals surface area contributed by atoms with Gasteiger partial charge in [0.15, 0.2) is 0 Å². The van der Waals surface area contributed by atoms with Crippen molar-refractivity contribution < 1.29 is 14.3 Å².